The number of pyridine rings is 1. The number of hydrogen-bond acceptors (Lipinski definition) is 3. The average Bonchev–Trinajstić information content (AvgIpc) is 3.05. The van der Waals surface area contributed by atoms with Gasteiger partial charge in [0.15, 0.2) is 5.69 Å². The molecule has 0 saturated heterocycles. The van der Waals surface area contributed by atoms with E-state index in [-0.39, 0.29) is 23.3 Å². The molecule has 3 rings (SSSR count). The van der Waals surface area contributed by atoms with Crippen molar-refractivity contribution in [2.45, 2.75) is 19.9 Å². The van der Waals surface area contributed by atoms with Crippen LogP contribution in [0, 0.1) is 0 Å². The zero-order valence-corrected chi connectivity index (χ0v) is 15.1. The molecule has 6 nitrogen and oxygen atoms in total. The molecule has 1 aromatic carbocycles. The fourth-order valence-corrected chi connectivity index (χ4v) is 2.68. The second kappa shape index (κ2) is 8.01. The second-order valence-electron chi connectivity index (χ2n) is 5.80. The minimum absolute atomic E-state index is 0.177. The first-order valence-electron chi connectivity index (χ1n) is 8.38. The number of halogens is 1. The molecule has 2 amide bonds. The largest absolute Gasteiger partial charge is 0.351 e. The summed E-state index contributed by atoms with van der Waals surface area (Å²) < 4.78 is 1.62. The summed E-state index contributed by atoms with van der Waals surface area (Å²) in [5, 5.41) is 6.26. The van der Waals surface area contributed by atoms with Crippen molar-refractivity contribution >= 4 is 28.9 Å². The smallest absolute Gasteiger partial charge is 0.287 e. The van der Waals surface area contributed by atoms with E-state index in [4.69, 9.17) is 11.6 Å². The fraction of sp³-hybridized carbons (Fsp3) is 0.211. The van der Waals surface area contributed by atoms with Crippen LogP contribution in [-0.2, 0) is 6.54 Å². The molecule has 26 heavy (non-hydrogen) atoms. The molecule has 0 unspecified atom stereocenters. The quantitative estimate of drug-likeness (QED) is 0.700. The van der Waals surface area contributed by atoms with E-state index >= 15 is 0 Å². The second-order valence-corrected chi connectivity index (χ2v) is 6.24. The molecule has 2 N–H and O–H groups in total. The highest BCUT2D eigenvalue weighted by molar-refractivity contribution is 6.30. The van der Waals surface area contributed by atoms with Crippen molar-refractivity contribution in [2.75, 3.05) is 6.54 Å². The van der Waals surface area contributed by atoms with E-state index in [2.05, 4.69) is 15.6 Å². The van der Waals surface area contributed by atoms with Crippen molar-refractivity contribution in [3.8, 4) is 0 Å². The van der Waals surface area contributed by atoms with Crippen LogP contribution in [0.25, 0.3) is 5.52 Å². The third-order valence-electron chi connectivity index (χ3n) is 3.87. The van der Waals surface area contributed by atoms with Crippen LogP contribution in [0.5, 0.6) is 0 Å². The van der Waals surface area contributed by atoms with Gasteiger partial charge in [-0.25, -0.2) is 4.98 Å². The van der Waals surface area contributed by atoms with Gasteiger partial charge >= 0.3 is 0 Å². The minimum Gasteiger partial charge on any atom is -0.351 e. The summed E-state index contributed by atoms with van der Waals surface area (Å²) in [7, 11) is 0. The Morgan fingerprint density at radius 1 is 1.08 bits per heavy atom. The molecule has 0 aliphatic rings. The highest BCUT2D eigenvalue weighted by Gasteiger charge is 2.20. The first-order chi connectivity index (χ1) is 12.6. The summed E-state index contributed by atoms with van der Waals surface area (Å²) in [6.07, 6.45) is 2.54. The lowest BCUT2D eigenvalue weighted by Gasteiger charge is -2.05. The standard InChI is InChI=1S/C19H19ClN4O2/c1-2-10-21-18(25)16-15-5-3-4-11-24(15)17(23-16)19(26)22-12-13-6-8-14(20)9-7-13/h3-9,11H,2,10,12H2,1H3,(H,21,25)(H,22,26). The molecule has 0 spiro atoms. The first kappa shape index (κ1) is 17.9. The van der Waals surface area contributed by atoms with Crippen LogP contribution < -0.4 is 10.6 Å². The minimum atomic E-state index is -0.351. The van der Waals surface area contributed by atoms with Gasteiger partial charge in [0.05, 0.1) is 5.52 Å². The molecular weight excluding hydrogens is 352 g/mol. The highest BCUT2D eigenvalue weighted by Crippen LogP contribution is 2.14. The Hall–Kier alpha value is -2.86. The Morgan fingerprint density at radius 3 is 2.58 bits per heavy atom. The van der Waals surface area contributed by atoms with E-state index in [0.29, 0.717) is 23.6 Å². The zero-order chi connectivity index (χ0) is 18.5. The van der Waals surface area contributed by atoms with Crippen LogP contribution in [0.4, 0.5) is 0 Å². The maximum Gasteiger partial charge on any atom is 0.287 e. The zero-order valence-electron chi connectivity index (χ0n) is 14.3. The molecule has 0 atom stereocenters. The van der Waals surface area contributed by atoms with Gasteiger partial charge in [0.25, 0.3) is 11.8 Å². The lowest BCUT2D eigenvalue weighted by atomic mass is 10.2. The third-order valence-corrected chi connectivity index (χ3v) is 4.12. The van der Waals surface area contributed by atoms with E-state index in [1.807, 2.05) is 25.1 Å². The van der Waals surface area contributed by atoms with Crippen LogP contribution in [0.2, 0.25) is 5.02 Å². The predicted molar refractivity (Wildman–Crippen MR) is 100 cm³/mol. The lowest BCUT2D eigenvalue weighted by Crippen LogP contribution is -2.26. The number of rotatable bonds is 6. The summed E-state index contributed by atoms with van der Waals surface area (Å²) in [5.74, 6) is -0.459. The molecule has 0 radical (unpaired) electrons. The van der Waals surface area contributed by atoms with Gasteiger partial charge in [0.1, 0.15) is 0 Å². The number of nitrogens with zero attached hydrogens (tertiary/aromatic N) is 2. The predicted octanol–water partition coefficient (Wildman–Crippen LogP) is 3.06. The highest BCUT2D eigenvalue weighted by atomic mass is 35.5. The number of nitrogens with one attached hydrogen (secondary N) is 2. The van der Waals surface area contributed by atoms with Gasteiger partial charge in [-0.3, -0.25) is 14.0 Å². The Morgan fingerprint density at radius 2 is 1.85 bits per heavy atom. The maximum atomic E-state index is 12.6. The Balaban J connectivity index is 1.83. The van der Waals surface area contributed by atoms with E-state index in [9.17, 15) is 9.59 Å². The van der Waals surface area contributed by atoms with Crippen molar-refractivity contribution in [3.05, 3.63) is 70.8 Å². The number of benzene rings is 1. The van der Waals surface area contributed by atoms with Gasteiger partial charge in [0.2, 0.25) is 5.82 Å². The molecule has 0 bridgehead atoms. The summed E-state index contributed by atoms with van der Waals surface area (Å²) >= 11 is 5.87. The summed E-state index contributed by atoms with van der Waals surface area (Å²) in [6.45, 7) is 2.87. The van der Waals surface area contributed by atoms with Crippen molar-refractivity contribution < 1.29 is 9.59 Å². The lowest BCUT2D eigenvalue weighted by molar-refractivity contribution is 0.0940. The van der Waals surface area contributed by atoms with Crippen LogP contribution in [0.15, 0.2) is 48.7 Å². The first-order valence-corrected chi connectivity index (χ1v) is 8.76. The van der Waals surface area contributed by atoms with Gasteiger partial charge < -0.3 is 10.6 Å². The maximum absolute atomic E-state index is 12.6. The number of hydrogen-bond donors (Lipinski definition) is 2. The summed E-state index contributed by atoms with van der Waals surface area (Å²) in [6, 6.07) is 12.6. The van der Waals surface area contributed by atoms with E-state index in [0.717, 1.165) is 12.0 Å². The average molecular weight is 371 g/mol. The van der Waals surface area contributed by atoms with Gasteiger partial charge in [-0.2, -0.15) is 0 Å². The molecule has 134 valence electrons. The Bertz CT molecular complexity index is 934. The topological polar surface area (TPSA) is 75.5 Å². The van der Waals surface area contributed by atoms with Crippen LogP contribution in [-0.4, -0.2) is 27.7 Å². The van der Waals surface area contributed by atoms with E-state index in [1.54, 1.807) is 34.9 Å². The number of carbonyl (C=O) groups is 2. The fourth-order valence-electron chi connectivity index (χ4n) is 2.55. The molecule has 2 heterocycles. The van der Waals surface area contributed by atoms with Crippen LogP contribution in [0.3, 0.4) is 0 Å². The Labute approximate surface area is 156 Å². The number of amides is 2. The summed E-state index contributed by atoms with van der Waals surface area (Å²) in [4.78, 5) is 29.2. The van der Waals surface area contributed by atoms with E-state index in [1.165, 1.54) is 0 Å². The Kier molecular flexibility index (Phi) is 5.53. The normalized spacial score (nSPS) is 10.7. The van der Waals surface area contributed by atoms with Gasteiger partial charge in [0, 0.05) is 24.3 Å². The summed E-state index contributed by atoms with van der Waals surface area (Å²) in [5.41, 5.74) is 1.76. The van der Waals surface area contributed by atoms with Gasteiger partial charge in [-0.05, 0) is 36.2 Å². The van der Waals surface area contributed by atoms with Crippen molar-refractivity contribution in [1.82, 2.24) is 20.0 Å². The number of carbonyl (C=O) groups excluding carboxylic acids is 2. The van der Waals surface area contributed by atoms with Crippen LogP contribution in [0.1, 0.15) is 40.0 Å². The number of aromatic nitrogens is 2. The number of imidazole rings is 1. The van der Waals surface area contributed by atoms with Crippen LogP contribution >= 0.6 is 11.6 Å². The number of fused-ring (bicyclic) bond motifs is 1. The third kappa shape index (κ3) is 3.86. The van der Waals surface area contributed by atoms with Crippen molar-refractivity contribution in [1.29, 1.82) is 0 Å². The van der Waals surface area contributed by atoms with Gasteiger partial charge in [-0.15, -0.1) is 0 Å². The monoisotopic (exact) mass is 370 g/mol. The molecule has 3 aromatic rings. The van der Waals surface area contributed by atoms with Gasteiger partial charge in [-0.1, -0.05) is 36.7 Å². The molecule has 7 heteroatoms. The molecule has 0 saturated carbocycles. The molecule has 0 aliphatic carbocycles. The van der Waals surface area contributed by atoms with Crippen molar-refractivity contribution in [3.63, 3.8) is 0 Å². The SMILES string of the molecule is CCCNC(=O)c1nc(C(=O)NCc2ccc(Cl)cc2)n2ccccc12. The molecule has 0 aliphatic heterocycles. The van der Waals surface area contributed by atoms with Crippen molar-refractivity contribution in [2.24, 2.45) is 0 Å². The molecule has 2 aromatic heterocycles. The van der Waals surface area contributed by atoms with E-state index < -0.39 is 0 Å². The molecular formula is C19H19ClN4O2. The molecule has 0 fully saturated rings.